The summed E-state index contributed by atoms with van der Waals surface area (Å²) < 4.78 is 5.74. The molecule has 2 saturated carbocycles. The lowest BCUT2D eigenvalue weighted by molar-refractivity contribution is -0.292. The smallest absolute Gasteiger partial charge is 0.192 e. The molecule has 2 aliphatic carbocycles. The van der Waals surface area contributed by atoms with Gasteiger partial charge in [0.1, 0.15) is 6.10 Å². The second-order valence-corrected chi connectivity index (χ2v) is 4.98. The molecule has 0 bridgehead atoms. The van der Waals surface area contributed by atoms with Crippen LogP contribution >= 0.6 is 0 Å². The molecule has 2 aliphatic rings. The average Bonchev–Trinajstić information content (AvgIpc) is 2.24. The normalized spacial score (nSPS) is 39.2. The van der Waals surface area contributed by atoms with E-state index in [-0.39, 0.29) is 6.10 Å². The predicted octanol–water partition coefficient (Wildman–Crippen LogP) is 1.96. The maximum absolute atomic E-state index is 10.2. The molecule has 88 valence electrons. The summed E-state index contributed by atoms with van der Waals surface area (Å²) in [5.41, 5.74) is 0. The molecule has 0 radical (unpaired) electrons. The zero-order valence-electron chi connectivity index (χ0n) is 9.32. The molecule has 2 atom stereocenters. The lowest BCUT2D eigenvalue weighted by Crippen LogP contribution is -2.49. The van der Waals surface area contributed by atoms with Gasteiger partial charge in [-0.15, -0.1) is 0 Å². The Labute approximate surface area is 91.4 Å². The van der Waals surface area contributed by atoms with Crippen LogP contribution in [0.5, 0.6) is 0 Å². The number of aliphatic hydroxyl groups is 2. The van der Waals surface area contributed by atoms with Gasteiger partial charge in [0.05, 0.1) is 6.10 Å². The molecule has 2 rings (SSSR count). The quantitative estimate of drug-likeness (QED) is 0.691. The van der Waals surface area contributed by atoms with Crippen LogP contribution in [0.3, 0.4) is 0 Å². The summed E-state index contributed by atoms with van der Waals surface area (Å²) in [7, 11) is 0. The van der Waals surface area contributed by atoms with Crippen LogP contribution in [0.15, 0.2) is 0 Å². The van der Waals surface area contributed by atoms with E-state index in [9.17, 15) is 10.2 Å². The maximum Gasteiger partial charge on any atom is 0.192 e. The van der Waals surface area contributed by atoms with E-state index in [0.717, 1.165) is 25.7 Å². The molecule has 0 spiro atoms. The first-order valence-corrected chi connectivity index (χ1v) is 6.29. The van der Waals surface area contributed by atoms with Gasteiger partial charge in [0, 0.05) is 6.42 Å². The van der Waals surface area contributed by atoms with Gasteiger partial charge in [0.25, 0.3) is 0 Å². The summed E-state index contributed by atoms with van der Waals surface area (Å²) in [6, 6.07) is 0. The molecule has 0 saturated heterocycles. The van der Waals surface area contributed by atoms with E-state index in [0.29, 0.717) is 12.8 Å². The third-order valence-corrected chi connectivity index (χ3v) is 3.71. The first kappa shape index (κ1) is 11.4. The molecular formula is C12H22O3. The highest BCUT2D eigenvalue weighted by Crippen LogP contribution is 2.33. The first-order chi connectivity index (χ1) is 7.21. The van der Waals surface area contributed by atoms with E-state index in [2.05, 4.69) is 0 Å². The van der Waals surface area contributed by atoms with E-state index in [1.54, 1.807) is 0 Å². The summed E-state index contributed by atoms with van der Waals surface area (Å²) in [4.78, 5) is 0. The average molecular weight is 214 g/mol. The van der Waals surface area contributed by atoms with Crippen LogP contribution in [0.2, 0.25) is 0 Å². The Morgan fingerprint density at radius 2 is 1.60 bits per heavy atom. The SMILES string of the molecule is OC1CCCCC1(O)OC1CCCCC1. The molecular weight excluding hydrogens is 192 g/mol. The molecule has 0 aliphatic heterocycles. The molecule has 2 N–H and O–H groups in total. The van der Waals surface area contributed by atoms with E-state index in [1.807, 2.05) is 0 Å². The molecule has 0 aromatic heterocycles. The van der Waals surface area contributed by atoms with Crippen molar-refractivity contribution in [2.45, 2.75) is 75.8 Å². The fraction of sp³-hybridized carbons (Fsp3) is 1.00. The number of aliphatic hydroxyl groups excluding tert-OH is 1. The monoisotopic (exact) mass is 214 g/mol. The Kier molecular flexibility index (Phi) is 3.65. The largest absolute Gasteiger partial charge is 0.388 e. The summed E-state index contributed by atoms with van der Waals surface area (Å²) in [5.74, 6) is -1.25. The lowest BCUT2D eigenvalue weighted by atomic mass is 9.90. The van der Waals surface area contributed by atoms with E-state index < -0.39 is 11.9 Å². The molecule has 0 heterocycles. The van der Waals surface area contributed by atoms with Crippen LogP contribution in [0, 0.1) is 0 Å². The zero-order chi connectivity index (χ0) is 10.7. The highest BCUT2D eigenvalue weighted by molar-refractivity contribution is 4.84. The van der Waals surface area contributed by atoms with Crippen LogP contribution < -0.4 is 0 Å². The highest BCUT2D eigenvalue weighted by Gasteiger charge is 2.40. The van der Waals surface area contributed by atoms with E-state index >= 15 is 0 Å². The first-order valence-electron chi connectivity index (χ1n) is 6.29. The standard InChI is InChI=1S/C12H22O3/c13-11-8-4-5-9-12(11,14)15-10-6-2-1-3-7-10/h10-11,13-14H,1-9H2. The molecule has 2 fully saturated rings. The highest BCUT2D eigenvalue weighted by atomic mass is 16.6. The van der Waals surface area contributed by atoms with Crippen molar-refractivity contribution in [3.05, 3.63) is 0 Å². The van der Waals surface area contributed by atoms with Crippen LogP contribution in [0.25, 0.3) is 0 Å². The summed E-state index contributed by atoms with van der Waals surface area (Å²) in [6.45, 7) is 0. The summed E-state index contributed by atoms with van der Waals surface area (Å²) in [5, 5.41) is 20.0. The van der Waals surface area contributed by atoms with Crippen molar-refractivity contribution < 1.29 is 14.9 Å². The van der Waals surface area contributed by atoms with Crippen LogP contribution in [0.1, 0.15) is 57.8 Å². The van der Waals surface area contributed by atoms with Crippen molar-refractivity contribution in [2.75, 3.05) is 0 Å². The lowest BCUT2D eigenvalue weighted by Gasteiger charge is -2.40. The predicted molar refractivity (Wildman–Crippen MR) is 57.4 cm³/mol. The van der Waals surface area contributed by atoms with Gasteiger partial charge in [-0.2, -0.15) is 0 Å². The Morgan fingerprint density at radius 3 is 2.27 bits per heavy atom. The number of ether oxygens (including phenoxy) is 1. The second kappa shape index (κ2) is 4.81. The van der Waals surface area contributed by atoms with Crippen LogP contribution in [-0.2, 0) is 4.74 Å². The third-order valence-electron chi connectivity index (χ3n) is 3.71. The minimum Gasteiger partial charge on any atom is -0.388 e. The molecule has 15 heavy (non-hydrogen) atoms. The van der Waals surface area contributed by atoms with Gasteiger partial charge in [0.2, 0.25) is 0 Å². The van der Waals surface area contributed by atoms with Crippen molar-refractivity contribution in [3.8, 4) is 0 Å². The molecule has 0 aromatic rings. The summed E-state index contributed by atoms with van der Waals surface area (Å²) in [6.07, 6.45) is 8.43. The Balaban J connectivity index is 1.89. The van der Waals surface area contributed by atoms with Crippen molar-refractivity contribution in [3.63, 3.8) is 0 Å². The van der Waals surface area contributed by atoms with Gasteiger partial charge in [-0.05, 0) is 25.7 Å². The number of hydrogen-bond donors (Lipinski definition) is 2. The molecule has 3 heteroatoms. The zero-order valence-corrected chi connectivity index (χ0v) is 9.32. The van der Waals surface area contributed by atoms with Gasteiger partial charge in [-0.3, -0.25) is 0 Å². The van der Waals surface area contributed by atoms with E-state index in [4.69, 9.17) is 4.74 Å². The summed E-state index contributed by atoms with van der Waals surface area (Å²) >= 11 is 0. The van der Waals surface area contributed by atoms with E-state index in [1.165, 1.54) is 19.3 Å². The van der Waals surface area contributed by atoms with Crippen molar-refractivity contribution in [2.24, 2.45) is 0 Å². The Bertz CT molecular complexity index is 201. The van der Waals surface area contributed by atoms with Crippen molar-refractivity contribution in [1.82, 2.24) is 0 Å². The van der Waals surface area contributed by atoms with Gasteiger partial charge >= 0.3 is 0 Å². The fourth-order valence-electron chi connectivity index (χ4n) is 2.72. The maximum atomic E-state index is 10.2. The van der Waals surface area contributed by atoms with Crippen molar-refractivity contribution in [1.29, 1.82) is 0 Å². The Morgan fingerprint density at radius 1 is 0.933 bits per heavy atom. The number of hydrogen-bond acceptors (Lipinski definition) is 3. The minimum absolute atomic E-state index is 0.163. The van der Waals surface area contributed by atoms with Gasteiger partial charge in [-0.25, -0.2) is 0 Å². The molecule has 0 aromatic carbocycles. The fourth-order valence-corrected chi connectivity index (χ4v) is 2.72. The topological polar surface area (TPSA) is 49.7 Å². The van der Waals surface area contributed by atoms with Gasteiger partial charge in [-0.1, -0.05) is 25.7 Å². The second-order valence-electron chi connectivity index (χ2n) is 4.98. The molecule has 0 amide bonds. The van der Waals surface area contributed by atoms with Gasteiger partial charge < -0.3 is 14.9 Å². The number of rotatable bonds is 2. The minimum atomic E-state index is -1.25. The molecule has 2 unspecified atom stereocenters. The van der Waals surface area contributed by atoms with Crippen LogP contribution in [-0.4, -0.2) is 28.2 Å². The van der Waals surface area contributed by atoms with Crippen molar-refractivity contribution >= 4 is 0 Å². The molecule has 3 nitrogen and oxygen atoms in total. The Hall–Kier alpha value is -0.120. The van der Waals surface area contributed by atoms with Gasteiger partial charge in [0.15, 0.2) is 5.79 Å². The third kappa shape index (κ3) is 2.71. The van der Waals surface area contributed by atoms with Crippen LogP contribution in [0.4, 0.5) is 0 Å².